The number of hydrogen-bond acceptors (Lipinski definition) is 5. The molecule has 2 aliphatic heterocycles. The maximum atomic E-state index is 13.2. The summed E-state index contributed by atoms with van der Waals surface area (Å²) in [5.41, 5.74) is 2.57. The molecule has 0 saturated carbocycles. The Morgan fingerprint density at radius 3 is 2.45 bits per heavy atom. The van der Waals surface area contributed by atoms with Crippen molar-refractivity contribution >= 4 is 10.0 Å². The molecular formula is C21H20N4O3S. The zero-order chi connectivity index (χ0) is 20.0. The smallest absolute Gasteiger partial charge is 0.250 e. The second-order valence-corrected chi connectivity index (χ2v) is 9.58. The normalized spacial score (nSPS) is 21.5. The van der Waals surface area contributed by atoms with E-state index in [0.717, 1.165) is 23.2 Å². The van der Waals surface area contributed by atoms with Crippen molar-refractivity contribution in [2.24, 2.45) is 5.92 Å². The molecule has 0 spiro atoms. The van der Waals surface area contributed by atoms with Gasteiger partial charge in [0.05, 0.1) is 4.90 Å². The summed E-state index contributed by atoms with van der Waals surface area (Å²) in [5.74, 6) is 0.0600. The lowest BCUT2D eigenvalue weighted by atomic mass is 9.81. The van der Waals surface area contributed by atoms with Gasteiger partial charge in [0.25, 0.3) is 5.56 Å². The van der Waals surface area contributed by atoms with Gasteiger partial charge >= 0.3 is 0 Å². The van der Waals surface area contributed by atoms with Crippen molar-refractivity contribution in [2.75, 3.05) is 13.1 Å². The molecule has 2 atom stereocenters. The Morgan fingerprint density at radius 2 is 1.69 bits per heavy atom. The summed E-state index contributed by atoms with van der Waals surface area (Å²) in [7, 11) is -3.57. The van der Waals surface area contributed by atoms with Crippen molar-refractivity contribution < 1.29 is 8.42 Å². The van der Waals surface area contributed by atoms with Crippen molar-refractivity contribution in [3.63, 3.8) is 0 Å². The molecule has 0 N–H and O–H groups in total. The number of rotatable bonds is 3. The van der Waals surface area contributed by atoms with Crippen molar-refractivity contribution in [1.82, 2.24) is 18.8 Å². The fraction of sp³-hybridized carbons (Fsp3) is 0.286. The van der Waals surface area contributed by atoms with E-state index in [-0.39, 0.29) is 17.4 Å². The molecule has 4 heterocycles. The van der Waals surface area contributed by atoms with Gasteiger partial charge in [-0.1, -0.05) is 18.2 Å². The minimum atomic E-state index is -3.57. The SMILES string of the molecule is O=c1ccc(-c2cncnc2)c2n1C[C@H]1C[C@@H]2CN(S(=O)(=O)c2ccccc2)C1. The average molecular weight is 408 g/mol. The maximum absolute atomic E-state index is 13.2. The van der Waals surface area contributed by atoms with Gasteiger partial charge in [0.15, 0.2) is 0 Å². The summed E-state index contributed by atoms with van der Waals surface area (Å²) in [5, 5.41) is 0. The van der Waals surface area contributed by atoms with Crippen LogP contribution < -0.4 is 5.56 Å². The lowest BCUT2D eigenvalue weighted by Gasteiger charge is -2.42. The van der Waals surface area contributed by atoms with Gasteiger partial charge in [0.2, 0.25) is 10.0 Å². The average Bonchev–Trinajstić information content (AvgIpc) is 2.75. The molecule has 148 valence electrons. The number of pyridine rings is 1. The van der Waals surface area contributed by atoms with E-state index in [1.54, 1.807) is 59.2 Å². The molecule has 0 radical (unpaired) electrons. The highest BCUT2D eigenvalue weighted by molar-refractivity contribution is 7.89. The van der Waals surface area contributed by atoms with Gasteiger partial charge in [-0.25, -0.2) is 18.4 Å². The highest BCUT2D eigenvalue weighted by Crippen LogP contribution is 2.40. The molecule has 0 unspecified atom stereocenters. The zero-order valence-corrected chi connectivity index (χ0v) is 16.5. The first kappa shape index (κ1) is 18.2. The molecule has 2 aliphatic rings. The minimum absolute atomic E-state index is 0.0466. The van der Waals surface area contributed by atoms with E-state index in [1.165, 1.54) is 6.33 Å². The fourth-order valence-electron chi connectivity index (χ4n) is 4.59. The fourth-order valence-corrected chi connectivity index (χ4v) is 6.17. The van der Waals surface area contributed by atoms with Gasteiger partial charge in [-0.2, -0.15) is 4.31 Å². The number of fused-ring (bicyclic) bond motifs is 4. The Labute approximate surface area is 168 Å². The summed E-state index contributed by atoms with van der Waals surface area (Å²) in [6.45, 7) is 1.31. The molecule has 3 aromatic rings. The van der Waals surface area contributed by atoms with Gasteiger partial charge in [0.1, 0.15) is 6.33 Å². The molecule has 7 nitrogen and oxygen atoms in total. The van der Waals surface area contributed by atoms with Crippen LogP contribution >= 0.6 is 0 Å². The third-order valence-electron chi connectivity index (χ3n) is 5.81. The first-order chi connectivity index (χ1) is 14.0. The van der Waals surface area contributed by atoms with Crippen molar-refractivity contribution in [2.45, 2.75) is 23.8 Å². The molecular weight excluding hydrogens is 388 g/mol. The zero-order valence-electron chi connectivity index (χ0n) is 15.7. The molecule has 1 aromatic carbocycles. The number of piperidine rings is 1. The summed E-state index contributed by atoms with van der Waals surface area (Å²) >= 11 is 0. The maximum Gasteiger partial charge on any atom is 0.250 e. The van der Waals surface area contributed by atoms with Crippen LogP contribution in [0.4, 0.5) is 0 Å². The number of sulfonamides is 1. The van der Waals surface area contributed by atoms with E-state index in [1.807, 2.05) is 4.57 Å². The summed E-state index contributed by atoms with van der Waals surface area (Å²) in [6, 6.07) is 11.9. The number of nitrogens with zero attached hydrogens (tertiary/aromatic N) is 4. The Bertz CT molecular complexity index is 1210. The van der Waals surface area contributed by atoms with Crippen LogP contribution in [0, 0.1) is 5.92 Å². The van der Waals surface area contributed by atoms with Crippen LogP contribution in [0.15, 0.2) is 70.9 Å². The topological polar surface area (TPSA) is 85.2 Å². The summed E-state index contributed by atoms with van der Waals surface area (Å²) in [6.07, 6.45) is 5.78. The van der Waals surface area contributed by atoms with Crippen molar-refractivity contribution in [3.8, 4) is 11.1 Å². The number of hydrogen-bond donors (Lipinski definition) is 0. The molecule has 1 saturated heterocycles. The van der Waals surface area contributed by atoms with Gasteiger partial charge in [-0.15, -0.1) is 0 Å². The molecule has 29 heavy (non-hydrogen) atoms. The van der Waals surface area contributed by atoms with E-state index >= 15 is 0 Å². The largest absolute Gasteiger partial charge is 0.311 e. The summed E-state index contributed by atoms with van der Waals surface area (Å²) in [4.78, 5) is 21.1. The third-order valence-corrected chi connectivity index (χ3v) is 7.65. The molecule has 0 amide bonds. The number of benzene rings is 1. The molecule has 2 aromatic heterocycles. The van der Waals surface area contributed by atoms with Crippen molar-refractivity contribution in [3.05, 3.63) is 77.2 Å². The number of aromatic nitrogens is 3. The first-order valence-corrected chi connectivity index (χ1v) is 11.0. The third kappa shape index (κ3) is 3.08. The molecule has 5 rings (SSSR count). The lowest BCUT2D eigenvalue weighted by Crippen LogP contribution is -2.49. The van der Waals surface area contributed by atoms with Crippen LogP contribution in [0.2, 0.25) is 0 Å². The highest BCUT2D eigenvalue weighted by atomic mass is 32.2. The molecule has 0 aliphatic carbocycles. The quantitative estimate of drug-likeness (QED) is 0.663. The van der Waals surface area contributed by atoms with Gasteiger partial charge in [-0.3, -0.25) is 4.79 Å². The Morgan fingerprint density at radius 1 is 0.931 bits per heavy atom. The van der Waals surface area contributed by atoms with Crippen LogP contribution in [0.1, 0.15) is 18.0 Å². The second-order valence-electron chi connectivity index (χ2n) is 7.64. The van der Waals surface area contributed by atoms with E-state index in [4.69, 9.17) is 0 Å². The Kier molecular flexibility index (Phi) is 4.33. The van der Waals surface area contributed by atoms with E-state index < -0.39 is 10.0 Å². The minimum Gasteiger partial charge on any atom is -0.311 e. The Balaban J connectivity index is 1.59. The molecule has 2 bridgehead atoms. The van der Waals surface area contributed by atoms with Crippen LogP contribution in [-0.2, 0) is 16.6 Å². The standard InChI is InChI=1S/C21H20N4O3S/c26-20-7-6-19(17-9-22-14-23-10-17)21-16-8-15(12-25(20)21)11-24(13-16)29(27,28)18-4-2-1-3-5-18/h1-7,9-10,14-16H,8,11-13H2/t15-,16+/m0/s1. The van der Waals surface area contributed by atoms with Gasteiger partial charge < -0.3 is 4.57 Å². The predicted octanol–water partition coefficient (Wildman–Crippen LogP) is 2.11. The van der Waals surface area contributed by atoms with Gasteiger partial charge in [0, 0.05) is 60.8 Å². The van der Waals surface area contributed by atoms with Crippen molar-refractivity contribution in [1.29, 1.82) is 0 Å². The van der Waals surface area contributed by atoms with E-state index in [2.05, 4.69) is 9.97 Å². The predicted molar refractivity (Wildman–Crippen MR) is 108 cm³/mol. The molecule has 1 fully saturated rings. The van der Waals surface area contributed by atoms with E-state index in [0.29, 0.717) is 24.5 Å². The second kappa shape index (κ2) is 6.89. The lowest BCUT2D eigenvalue weighted by molar-refractivity contribution is 0.187. The van der Waals surface area contributed by atoms with Gasteiger partial charge in [-0.05, 0) is 30.5 Å². The highest BCUT2D eigenvalue weighted by Gasteiger charge is 2.40. The van der Waals surface area contributed by atoms with Crippen LogP contribution in [0.3, 0.4) is 0 Å². The monoisotopic (exact) mass is 408 g/mol. The first-order valence-electron chi connectivity index (χ1n) is 9.58. The van der Waals surface area contributed by atoms with Crippen LogP contribution in [-0.4, -0.2) is 40.3 Å². The molecule has 8 heteroatoms. The van der Waals surface area contributed by atoms with Crippen LogP contribution in [0.25, 0.3) is 11.1 Å². The van der Waals surface area contributed by atoms with E-state index in [9.17, 15) is 13.2 Å². The Hall–Kier alpha value is -2.84. The van der Waals surface area contributed by atoms with Crippen LogP contribution in [0.5, 0.6) is 0 Å². The summed E-state index contributed by atoms with van der Waals surface area (Å²) < 4.78 is 29.8.